The van der Waals surface area contributed by atoms with Crippen molar-refractivity contribution in [3.05, 3.63) is 34.9 Å². The molecular weight excluding hydrogens is 260 g/mol. The number of hydrogen-bond donors (Lipinski definition) is 1. The van der Waals surface area contributed by atoms with Gasteiger partial charge in [-0.2, -0.15) is 0 Å². The predicted molar refractivity (Wildman–Crippen MR) is 79.4 cm³/mol. The van der Waals surface area contributed by atoms with Gasteiger partial charge in [-0.1, -0.05) is 30.7 Å². The lowest BCUT2D eigenvalue weighted by molar-refractivity contribution is -0.0386. The first-order valence-electron chi connectivity index (χ1n) is 6.98. The Morgan fingerprint density at radius 1 is 1.53 bits per heavy atom. The molecule has 106 valence electrons. The van der Waals surface area contributed by atoms with Crippen LogP contribution in [0.25, 0.3) is 0 Å². The number of morpholine rings is 1. The average Bonchev–Trinajstić information content (AvgIpc) is 2.39. The lowest BCUT2D eigenvalue weighted by atomic mass is 9.95. The lowest BCUT2D eigenvalue weighted by Gasteiger charge is -2.40. The van der Waals surface area contributed by atoms with Crippen LogP contribution in [0, 0.1) is 0 Å². The normalized spacial score (nSPS) is 24.1. The molecule has 1 aliphatic rings. The van der Waals surface area contributed by atoms with Crippen molar-refractivity contribution < 1.29 is 4.74 Å². The average molecular weight is 283 g/mol. The fourth-order valence-electron chi connectivity index (χ4n) is 2.74. The molecule has 0 radical (unpaired) electrons. The van der Waals surface area contributed by atoms with Crippen LogP contribution in [0.15, 0.2) is 24.3 Å². The third-order valence-corrected chi connectivity index (χ3v) is 3.97. The van der Waals surface area contributed by atoms with Crippen molar-refractivity contribution in [2.75, 3.05) is 19.7 Å². The van der Waals surface area contributed by atoms with E-state index in [2.05, 4.69) is 24.8 Å². The van der Waals surface area contributed by atoms with Crippen LogP contribution < -0.4 is 5.73 Å². The molecule has 0 aromatic heterocycles. The Hall–Kier alpha value is -0.610. The summed E-state index contributed by atoms with van der Waals surface area (Å²) >= 11 is 6.12. The summed E-state index contributed by atoms with van der Waals surface area (Å²) < 4.78 is 5.62. The Bertz CT molecular complexity index is 413. The highest BCUT2D eigenvalue weighted by atomic mass is 35.5. The molecule has 0 saturated carbocycles. The molecule has 1 aliphatic heterocycles. The molecule has 2 rings (SSSR count). The van der Waals surface area contributed by atoms with Crippen LogP contribution >= 0.6 is 11.6 Å². The van der Waals surface area contributed by atoms with Crippen LogP contribution in [-0.2, 0) is 4.74 Å². The van der Waals surface area contributed by atoms with Crippen molar-refractivity contribution in [3.8, 4) is 0 Å². The topological polar surface area (TPSA) is 38.5 Å². The van der Waals surface area contributed by atoms with Gasteiger partial charge in [-0.25, -0.2) is 0 Å². The summed E-state index contributed by atoms with van der Waals surface area (Å²) in [5, 5.41) is 0.770. The number of halogens is 1. The second-order valence-electron chi connectivity index (χ2n) is 5.25. The standard InChI is InChI=1S/C15H23ClN2O/c1-3-14(17)15(12-5-4-6-13(16)9-12)18-7-8-19-11(2)10-18/h4-6,9,11,14-15H,3,7-8,10,17H2,1-2H3. The Balaban J connectivity index is 2.25. The summed E-state index contributed by atoms with van der Waals surface area (Å²) in [4.78, 5) is 2.42. The summed E-state index contributed by atoms with van der Waals surface area (Å²) in [6.07, 6.45) is 1.21. The molecule has 3 unspecified atom stereocenters. The van der Waals surface area contributed by atoms with Crippen molar-refractivity contribution in [2.24, 2.45) is 5.73 Å². The van der Waals surface area contributed by atoms with Gasteiger partial charge >= 0.3 is 0 Å². The molecule has 0 amide bonds. The molecule has 1 fully saturated rings. The molecule has 1 heterocycles. The lowest BCUT2D eigenvalue weighted by Crippen LogP contribution is -2.48. The quantitative estimate of drug-likeness (QED) is 0.923. The summed E-state index contributed by atoms with van der Waals surface area (Å²) in [7, 11) is 0. The van der Waals surface area contributed by atoms with E-state index >= 15 is 0 Å². The zero-order valence-corrected chi connectivity index (χ0v) is 12.4. The summed E-state index contributed by atoms with van der Waals surface area (Å²) in [5.74, 6) is 0. The first kappa shape index (κ1) is 14.8. The highest BCUT2D eigenvalue weighted by molar-refractivity contribution is 6.30. The van der Waals surface area contributed by atoms with Crippen LogP contribution in [0.4, 0.5) is 0 Å². The highest BCUT2D eigenvalue weighted by Crippen LogP contribution is 2.28. The molecule has 0 aliphatic carbocycles. The van der Waals surface area contributed by atoms with Crippen molar-refractivity contribution in [1.82, 2.24) is 4.90 Å². The minimum absolute atomic E-state index is 0.115. The molecule has 1 saturated heterocycles. The highest BCUT2D eigenvalue weighted by Gasteiger charge is 2.29. The monoisotopic (exact) mass is 282 g/mol. The van der Waals surface area contributed by atoms with E-state index in [1.807, 2.05) is 18.2 Å². The molecular formula is C15H23ClN2O. The van der Waals surface area contributed by atoms with E-state index in [1.54, 1.807) is 0 Å². The molecule has 2 N–H and O–H groups in total. The fourth-order valence-corrected chi connectivity index (χ4v) is 2.94. The number of rotatable bonds is 4. The zero-order valence-electron chi connectivity index (χ0n) is 11.7. The fraction of sp³-hybridized carbons (Fsp3) is 0.600. The van der Waals surface area contributed by atoms with Crippen LogP contribution in [0.5, 0.6) is 0 Å². The largest absolute Gasteiger partial charge is 0.376 e. The molecule has 3 atom stereocenters. The van der Waals surface area contributed by atoms with E-state index in [4.69, 9.17) is 22.1 Å². The maximum Gasteiger partial charge on any atom is 0.0674 e. The molecule has 1 aromatic rings. The first-order valence-corrected chi connectivity index (χ1v) is 7.36. The van der Waals surface area contributed by atoms with Crippen LogP contribution in [0.3, 0.4) is 0 Å². The second kappa shape index (κ2) is 6.71. The second-order valence-corrected chi connectivity index (χ2v) is 5.68. The smallest absolute Gasteiger partial charge is 0.0674 e. The minimum Gasteiger partial charge on any atom is -0.376 e. The Labute approximate surface area is 120 Å². The molecule has 0 spiro atoms. The van der Waals surface area contributed by atoms with Gasteiger partial charge in [0.1, 0.15) is 0 Å². The number of nitrogens with zero attached hydrogens (tertiary/aromatic N) is 1. The van der Waals surface area contributed by atoms with Gasteiger partial charge in [-0.05, 0) is 31.0 Å². The van der Waals surface area contributed by atoms with Gasteiger partial charge < -0.3 is 10.5 Å². The van der Waals surface area contributed by atoms with E-state index in [0.29, 0.717) is 0 Å². The molecule has 4 heteroatoms. The van der Waals surface area contributed by atoms with E-state index in [0.717, 1.165) is 31.1 Å². The van der Waals surface area contributed by atoms with Gasteiger partial charge in [0.2, 0.25) is 0 Å². The summed E-state index contributed by atoms with van der Waals surface area (Å²) in [6, 6.07) is 8.38. The van der Waals surface area contributed by atoms with Gasteiger partial charge in [0.05, 0.1) is 18.8 Å². The van der Waals surface area contributed by atoms with Gasteiger partial charge in [0, 0.05) is 24.2 Å². The van der Waals surface area contributed by atoms with Crippen LogP contribution in [-0.4, -0.2) is 36.7 Å². The van der Waals surface area contributed by atoms with Crippen molar-refractivity contribution in [3.63, 3.8) is 0 Å². The predicted octanol–water partition coefficient (Wildman–Crippen LogP) is 2.84. The van der Waals surface area contributed by atoms with E-state index < -0.39 is 0 Å². The van der Waals surface area contributed by atoms with Gasteiger partial charge in [-0.3, -0.25) is 4.90 Å². The van der Waals surface area contributed by atoms with Crippen LogP contribution in [0.2, 0.25) is 5.02 Å². The van der Waals surface area contributed by atoms with Crippen molar-refractivity contribution in [1.29, 1.82) is 0 Å². The molecule has 1 aromatic carbocycles. The third kappa shape index (κ3) is 3.69. The van der Waals surface area contributed by atoms with E-state index in [9.17, 15) is 0 Å². The molecule has 19 heavy (non-hydrogen) atoms. The Morgan fingerprint density at radius 2 is 2.32 bits per heavy atom. The van der Waals surface area contributed by atoms with Crippen molar-refractivity contribution >= 4 is 11.6 Å². The van der Waals surface area contributed by atoms with Crippen LogP contribution in [0.1, 0.15) is 31.9 Å². The van der Waals surface area contributed by atoms with Gasteiger partial charge in [0.25, 0.3) is 0 Å². The first-order chi connectivity index (χ1) is 9.11. The van der Waals surface area contributed by atoms with Gasteiger partial charge in [0.15, 0.2) is 0 Å². The number of benzene rings is 1. The maximum atomic E-state index is 6.35. The Kier molecular flexibility index (Phi) is 5.22. The van der Waals surface area contributed by atoms with E-state index in [1.165, 1.54) is 5.56 Å². The third-order valence-electron chi connectivity index (χ3n) is 3.73. The van der Waals surface area contributed by atoms with Gasteiger partial charge in [-0.15, -0.1) is 0 Å². The molecule has 0 bridgehead atoms. The number of ether oxygens (including phenoxy) is 1. The molecule has 3 nitrogen and oxygen atoms in total. The number of hydrogen-bond acceptors (Lipinski definition) is 3. The summed E-state index contributed by atoms with van der Waals surface area (Å²) in [6.45, 7) is 6.86. The summed E-state index contributed by atoms with van der Waals surface area (Å²) in [5.41, 5.74) is 7.55. The van der Waals surface area contributed by atoms with E-state index in [-0.39, 0.29) is 18.2 Å². The SMILES string of the molecule is CCC(N)C(c1cccc(Cl)c1)N1CCOC(C)C1. The Morgan fingerprint density at radius 3 is 2.95 bits per heavy atom. The van der Waals surface area contributed by atoms with Crippen molar-refractivity contribution in [2.45, 2.75) is 38.5 Å². The maximum absolute atomic E-state index is 6.35. The minimum atomic E-state index is 0.115. The zero-order chi connectivity index (χ0) is 13.8. The number of nitrogens with two attached hydrogens (primary N) is 1.